The van der Waals surface area contributed by atoms with Gasteiger partial charge in [-0.2, -0.15) is 0 Å². The Hall–Kier alpha value is -2.53. The second-order valence-electron chi connectivity index (χ2n) is 8.79. The van der Waals surface area contributed by atoms with E-state index in [0.29, 0.717) is 6.42 Å². The van der Waals surface area contributed by atoms with E-state index in [1.54, 1.807) is 0 Å². The number of aryl methyl sites for hydroxylation is 2. The molecule has 1 aliphatic heterocycles. The van der Waals surface area contributed by atoms with Crippen LogP contribution in [0.2, 0.25) is 0 Å². The third-order valence-corrected chi connectivity index (χ3v) is 6.35. The second-order valence-corrected chi connectivity index (χ2v) is 8.79. The molecule has 0 aromatic heterocycles. The highest BCUT2D eigenvalue weighted by Crippen LogP contribution is 2.26. The van der Waals surface area contributed by atoms with E-state index >= 15 is 0 Å². The summed E-state index contributed by atoms with van der Waals surface area (Å²) in [6.07, 6.45) is 7.19. The Labute approximate surface area is 185 Å². The van der Waals surface area contributed by atoms with Crippen molar-refractivity contribution in [2.24, 2.45) is 0 Å². The van der Waals surface area contributed by atoms with Crippen LogP contribution < -0.4 is 14.8 Å². The molecule has 1 N–H and O–H groups in total. The number of likely N-dealkylation sites (tertiary alicyclic amines) is 1. The first-order valence-electron chi connectivity index (χ1n) is 11.7. The molecule has 1 amide bonds. The predicted octanol–water partition coefficient (Wildman–Crippen LogP) is 4.83. The van der Waals surface area contributed by atoms with Gasteiger partial charge in [0.1, 0.15) is 17.6 Å². The molecule has 31 heavy (non-hydrogen) atoms. The minimum atomic E-state index is -0.517. The van der Waals surface area contributed by atoms with Gasteiger partial charge in [-0.1, -0.05) is 13.0 Å². The Morgan fingerprint density at radius 1 is 1.03 bits per heavy atom. The first kappa shape index (κ1) is 21.7. The van der Waals surface area contributed by atoms with Gasteiger partial charge in [0.2, 0.25) is 0 Å². The number of amides is 1. The number of ether oxygens (including phenoxy) is 2. The third-order valence-electron chi connectivity index (χ3n) is 6.35. The number of nitrogens with zero attached hydrogens (tertiary/aromatic N) is 1. The van der Waals surface area contributed by atoms with Crippen LogP contribution in [0.1, 0.15) is 50.2 Å². The molecular formula is C26H34N2O3. The molecule has 0 radical (unpaired) electrons. The average Bonchev–Trinajstić information content (AvgIpc) is 2.80. The highest BCUT2D eigenvalue weighted by molar-refractivity contribution is 5.94. The maximum absolute atomic E-state index is 12.8. The molecule has 0 unspecified atom stereocenters. The molecule has 2 aliphatic rings. The Kier molecular flexibility index (Phi) is 7.13. The van der Waals surface area contributed by atoms with Crippen molar-refractivity contribution in [2.45, 2.75) is 64.1 Å². The van der Waals surface area contributed by atoms with Crippen LogP contribution in [0.25, 0.3) is 0 Å². The molecule has 2 aromatic carbocycles. The Balaban J connectivity index is 1.32. The van der Waals surface area contributed by atoms with Crippen LogP contribution in [-0.4, -0.2) is 43.2 Å². The van der Waals surface area contributed by atoms with Crippen molar-refractivity contribution >= 4 is 11.6 Å². The fourth-order valence-corrected chi connectivity index (χ4v) is 4.40. The fraction of sp³-hybridized carbons (Fsp3) is 0.500. The van der Waals surface area contributed by atoms with Gasteiger partial charge in [-0.3, -0.25) is 4.79 Å². The lowest BCUT2D eigenvalue weighted by atomic mass is 9.92. The summed E-state index contributed by atoms with van der Waals surface area (Å²) in [7, 11) is 2.15. The number of nitrogens with one attached hydrogen (secondary N) is 1. The summed E-state index contributed by atoms with van der Waals surface area (Å²) >= 11 is 0. The summed E-state index contributed by atoms with van der Waals surface area (Å²) in [4.78, 5) is 15.1. The van der Waals surface area contributed by atoms with Gasteiger partial charge in [-0.15, -0.1) is 0 Å². The van der Waals surface area contributed by atoms with Gasteiger partial charge in [0.05, 0.1) is 0 Å². The minimum Gasteiger partial charge on any atom is -0.490 e. The van der Waals surface area contributed by atoms with E-state index in [0.717, 1.165) is 56.0 Å². The molecule has 1 fully saturated rings. The van der Waals surface area contributed by atoms with Crippen LogP contribution in [-0.2, 0) is 17.6 Å². The van der Waals surface area contributed by atoms with Crippen molar-refractivity contribution in [3.05, 3.63) is 53.6 Å². The van der Waals surface area contributed by atoms with E-state index in [2.05, 4.69) is 29.4 Å². The Morgan fingerprint density at radius 3 is 2.42 bits per heavy atom. The number of fused-ring (bicyclic) bond motifs is 1. The summed E-state index contributed by atoms with van der Waals surface area (Å²) in [5, 5.41) is 2.99. The number of carbonyl (C=O) groups is 1. The number of hydrogen-bond donors (Lipinski definition) is 1. The first-order valence-corrected chi connectivity index (χ1v) is 11.7. The second kappa shape index (κ2) is 10.2. The largest absolute Gasteiger partial charge is 0.490 e. The standard InChI is InChI=1S/C26H34N2O3/c1-3-25(31-24-11-8-19-6-4-5-7-20(19)18-24)26(29)27-21-9-12-22(13-10-21)30-23-14-16-28(2)17-15-23/h8-13,18,23,25H,3-7,14-17H2,1-2H3,(H,27,29)/t25-/m0/s1. The zero-order valence-corrected chi connectivity index (χ0v) is 18.7. The molecular weight excluding hydrogens is 388 g/mol. The van der Waals surface area contributed by atoms with Crippen LogP contribution in [0.3, 0.4) is 0 Å². The normalized spacial score (nSPS) is 18.1. The maximum atomic E-state index is 12.8. The van der Waals surface area contributed by atoms with Gasteiger partial charge >= 0.3 is 0 Å². The van der Waals surface area contributed by atoms with E-state index in [4.69, 9.17) is 9.47 Å². The predicted molar refractivity (Wildman–Crippen MR) is 124 cm³/mol. The molecule has 1 saturated heterocycles. The van der Waals surface area contributed by atoms with E-state index in [1.807, 2.05) is 37.3 Å². The summed E-state index contributed by atoms with van der Waals surface area (Å²) < 4.78 is 12.1. The average molecular weight is 423 g/mol. The highest BCUT2D eigenvalue weighted by Gasteiger charge is 2.21. The van der Waals surface area contributed by atoms with Crippen molar-refractivity contribution in [1.82, 2.24) is 4.90 Å². The third kappa shape index (κ3) is 5.79. The van der Waals surface area contributed by atoms with Crippen LogP contribution in [0.15, 0.2) is 42.5 Å². The molecule has 5 nitrogen and oxygen atoms in total. The molecule has 5 heteroatoms. The molecule has 0 bridgehead atoms. The lowest BCUT2D eigenvalue weighted by Gasteiger charge is -2.29. The highest BCUT2D eigenvalue weighted by atomic mass is 16.5. The van der Waals surface area contributed by atoms with Crippen molar-refractivity contribution in [1.29, 1.82) is 0 Å². The number of benzene rings is 2. The number of anilines is 1. The zero-order chi connectivity index (χ0) is 21.6. The molecule has 4 rings (SSSR count). The van der Waals surface area contributed by atoms with E-state index in [-0.39, 0.29) is 12.0 Å². The summed E-state index contributed by atoms with van der Waals surface area (Å²) in [5.74, 6) is 1.51. The Bertz CT molecular complexity index is 873. The van der Waals surface area contributed by atoms with Crippen LogP contribution >= 0.6 is 0 Å². The van der Waals surface area contributed by atoms with Gasteiger partial charge in [0.25, 0.3) is 5.91 Å². The number of piperidine rings is 1. The van der Waals surface area contributed by atoms with Crippen molar-refractivity contribution < 1.29 is 14.3 Å². The van der Waals surface area contributed by atoms with Gasteiger partial charge < -0.3 is 19.7 Å². The zero-order valence-electron chi connectivity index (χ0n) is 18.7. The number of hydrogen-bond acceptors (Lipinski definition) is 4. The number of carbonyl (C=O) groups excluding carboxylic acids is 1. The molecule has 1 atom stereocenters. The molecule has 1 heterocycles. The summed E-state index contributed by atoms with van der Waals surface area (Å²) in [5.41, 5.74) is 3.53. The van der Waals surface area contributed by atoms with Gasteiger partial charge in [-0.05, 0) is 99.5 Å². The fourth-order valence-electron chi connectivity index (χ4n) is 4.40. The molecule has 1 aliphatic carbocycles. The minimum absolute atomic E-state index is 0.121. The van der Waals surface area contributed by atoms with Crippen LogP contribution in [0.5, 0.6) is 11.5 Å². The van der Waals surface area contributed by atoms with E-state index < -0.39 is 6.10 Å². The summed E-state index contributed by atoms with van der Waals surface area (Å²) in [6.45, 7) is 4.12. The molecule has 0 spiro atoms. The molecule has 166 valence electrons. The SMILES string of the molecule is CC[C@H](Oc1ccc2c(c1)CCCC2)C(=O)Nc1ccc(OC2CCN(C)CC2)cc1. The smallest absolute Gasteiger partial charge is 0.265 e. The van der Waals surface area contributed by atoms with Gasteiger partial charge in [0, 0.05) is 18.8 Å². The Morgan fingerprint density at radius 2 is 1.71 bits per heavy atom. The van der Waals surface area contributed by atoms with Crippen LogP contribution in [0, 0.1) is 0 Å². The van der Waals surface area contributed by atoms with E-state index in [1.165, 1.54) is 24.0 Å². The quantitative estimate of drug-likeness (QED) is 0.694. The van der Waals surface area contributed by atoms with Crippen LogP contribution in [0.4, 0.5) is 5.69 Å². The van der Waals surface area contributed by atoms with E-state index in [9.17, 15) is 4.79 Å². The summed E-state index contributed by atoms with van der Waals surface area (Å²) in [6, 6.07) is 13.9. The van der Waals surface area contributed by atoms with Gasteiger partial charge in [-0.25, -0.2) is 0 Å². The van der Waals surface area contributed by atoms with Gasteiger partial charge in [0.15, 0.2) is 6.10 Å². The van der Waals surface area contributed by atoms with Crippen molar-refractivity contribution in [2.75, 3.05) is 25.5 Å². The number of rotatable bonds is 7. The lowest BCUT2D eigenvalue weighted by molar-refractivity contribution is -0.122. The van der Waals surface area contributed by atoms with Crippen molar-refractivity contribution in [3.63, 3.8) is 0 Å². The molecule has 0 saturated carbocycles. The monoisotopic (exact) mass is 422 g/mol. The molecule has 2 aromatic rings. The topological polar surface area (TPSA) is 50.8 Å². The lowest BCUT2D eigenvalue weighted by Crippen LogP contribution is -2.35. The van der Waals surface area contributed by atoms with Crippen molar-refractivity contribution in [3.8, 4) is 11.5 Å². The first-order chi connectivity index (χ1) is 15.1. The maximum Gasteiger partial charge on any atom is 0.265 e.